The minimum Gasteiger partial charge on any atom is -0.350 e. The Bertz CT molecular complexity index is 630. The van der Waals surface area contributed by atoms with Crippen molar-refractivity contribution in [2.24, 2.45) is 0 Å². The average molecular weight is 319 g/mol. The molecule has 1 atom stereocenters. The molecule has 0 aliphatic carbocycles. The Kier molecular flexibility index (Phi) is 5.72. The minimum atomic E-state index is -0.160. The van der Waals surface area contributed by atoms with E-state index in [0.29, 0.717) is 23.1 Å². The number of rotatable bonds is 6. The molecule has 22 heavy (non-hydrogen) atoms. The molecule has 0 radical (unpaired) electrons. The van der Waals surface area contributed by atoms with E-state index in [0.717, 1.165) is 12.0 Å². The van der Waals surface area contributed by atoms with Gasteiger partial charge in [-0.3, -0.25) is 4.79 Å². The van der Waals surface area contributed by atoms with Crippen LogP contribution in [0.2, 0.25) is 5.02 Å². The van der Waals surface area contributed by atoms with Crippen molar-refractivity contribution in [1.82, 2.24) is 15.3 Å². The van der Waals surface area contributed by atoms with Crippen molar-refractivity contribution in [3.63, 3.8) is 0 Å². The van der Waals surface area contributed by atoms with Crippen LogP contribution in [0, 0.1) is 0 Å². The van der Waals surface area contributed by atoms with E-state index >= 15 is 0 Å². The first-order valence-electron chi connectivity index (χ1n) is 7.20. The van der Waals surface area contributed by atoms with Crippen molar-refractivity contribution in [2.45, 2.75) is 32.9 Å². The standard InChI is InChI=1S/C16H19ClN4O/c1-3-11(2)21-15(22)13-9-19-16(20-10-13)18-8-12-6-4-5-7-14(12)17/h4-7,9-11H,3,8H2,1-2H3,(H,21,22)(H,18,19,20). The molecular weight excluding hydrogens is 300 g/mol. The van der Waals surface area contributed by atoms with Crippen LogP contribution in [0.5, 0.6) is 0 Å². The van der Waals surface area contributed by atoms with E-state index < -0.39 is 0 Å². The van der Waals surface area contributed by atoms with Gasteiger partial charge in [0.15, 0.2) is 0 Å². The maximum absolute atomic E-state index is 11.9. The highest BCUT2D eigenvalue weighted by molar-refractivity contribution is 6.31. The summed E-state index contributed by atoms with van der Waals surface area (Å²) in [4.78, 5) is 20.2. The number of carbonyl (C=O) groups excluding carboxylic acids is 1. The third kappa shape index (κ3) is 4.43. The molecule has 1 aromatic heterocycles. The van der Waals surface area contributed by atoms with Gasteiger partial charge in [-0.25, -0.2) is 9.97 Å². The third-order valence-corrected chi connectivity index (χ3v) is 3.67. The number of halogens is 1. The smallest absolute Gasteiger partial charge is 0.254 e. The summed E-state index contributed by atoms with van der Waals surface area (Å²) in [6, 6.07) is 7.70. The van der Waals surface area contributed by atoms with E-state index in [1.807, 2.05) is 38.1 Å². The second-order valence-corrected chi connectivity index (χ2v) is 5.43. The molecular formula is C16H19ClN4O. The summed E-state index contributed by atoms with van der Waals surface area (Å²) in [7, 11) is 0. The molecule has 0 fully saturated rings. The van der Waals surface area contributed by atoms with Gasteiger partial charge in [0.2, 0.25) is 5.95 Å². The SMILES string of the molecule is CCC(C)NC(=O)c1cnc(NCc2ccccc2Cl)nc1. The van der Waals surface area contributed by atoms with Gasteiger partial charge in [0.1, 0.15) is 0 Å². The fourth-order valence-corrected chi connectivity index (χ4v) is 1.96. The molecule has 6 heteroatoms. The van der Waals surface area contributed by atoms with Crippen LogP contribution in [0.1, 0.15) is 36.2 Å². The molecule has 2 N–H and O–H groups in total. The van der Waals surface area contributed by atoms with Crippen LogP contribution in [-0.4, -0.2) is 21.9 Å². The van der Waals surface area contributed by atoms with E-state index in [9.17, 15) is 4.79 Å². The van der Waals surface area contributed by atoms with Crippen LogP contribution in [0.4, 0.5) is 5.95 Å². The van der Waals surface area contributed by atoms with Crippen molar-refractivity contribution in [3.8, 4) is 0 Å². The van der Waals surface area contributed by atoms with E-state index in [1.54, 1.807) is 0 Å². The Labute approximate surface area is 135 Å². The van der Waals surface area contributed by atoms with Gasteiger partial charge in [-0.2, -0.15) is 0 Å². The molecule has 1 heterocycles. The second kappa shape index (κ2) is 7.75. The Hall–Kier alpha value is -2.14. The van der Waals surface area contributed by atoms with E-state index in [2.05, 4.69) is 20.6 Å². The summed E-state index contributed by atoms with van der Waals surface area (Å²) in [5.41, 5.74) is 1.41. The molecule has 1 aromatic carbocycles. The number of benzene rings is 1. The molecule has 0 bridgehead atoms. The number of carbonyl (C=O) groups is 1. The molecule has 2 aromatic rings. The van der Waals surface area contributed by atoms with Gasteiger partial charge >= 0.3 is 0 Å². The first kappa shape index (κ1) is 16.2. The Morgan fingerprint density at radius 1 is 1.27 bits per heavy atom. The fraction of sp³-hybridized carbons (Fsp3) is 0.312. The lowest BCUT2D eigenvalue weighted by Gasteiger charge is -2.11. The summed E-state index contributed by atoms with van der Waals surface area (Å²) >= 11 is 6.09. The van der Waals surface area contributed by atoms with Gasteiger partial charge in [0.25, 0.3) is 5.91 Å². The van der Waals surface area contributed by atoms with E-state index in [-0.39, 0.29) is 11.9 Å². The zero-order valence-corrected chi connectivity index (χ0v) is 13.4. The van der Waals surface area contributed by atoms with Gasteiger partial charge in [-0.05, 0) is 25.0 Å². The van der Waals surface area contributed by atoms with Crippen LogP contribution < -0.4 is 10.6 Å². The van der Waals surface area contributed by atoms with Crippen LogP contribution in [-0.2, 0) is 6.54 Å². The number of hydrogen-bond acceptors (Lipinski definition) is 4. The molecule has 0 saturated carbocycles. The normalized spacial score (nSPS) is 11.8. The van der Waals surface area contributed by atoms with E-state index in [1.165, 1.54) is 12.4 Å². The largest absolute Gasteiger partial charge is 0.350 e. The first-order valence-corrected chi connectivity index (χ1v) is 7.58. The minimum absolute atomic E-state index is 0.130. The zero-order chi connectivity index (χ0) is 15.9. The number of amides is 1. The predicted octanol–water partition coefficient (Wildman–Crippen LogP) is 3.27. The first-order chi connectivity index (χ1) is 10.6. The average Bonchev–Trinajstić information content (AvgIpc) is 2.54. The molecule has 2 rings (SSSR count). The summed E-state index contributed by atoms with van der Waals surface area (Å²) in [5, 5.41) is 6.65. The highest BCUT2D eigenvalue weighted by Crippen LogP contribution is 2.15. The highest BCUT2D eigenvalue weighted by Gasteiger charge is 2.09. The molecule has 0 aliphatic rings. The topological polar surface area (TPSA) is 66.9 Å². The quantitative estimate of drug-likeness (QED) is 0.858. The molecule has 0 saturated heterocycles. The van der Waals surface area contributed by atoms with Crippen LogP contribution in [0.25, 0.3) is 0 Å². The number of aromatic nitrogens is 2. The zero-order valence-electron chi connectivity index (χ0n) is 12.6. The lowest BCUT2D eigenvalue weighted by Crippen LogP contribution is -2.32. The molecule has 0 aliphatic heterocycles. The molecule has 0 spiro atoms. The van der Waals surface area contributed by atoms with Gasteiger partial charge in [0.05, 0.1) is 5.56 Å². The number of hydrogen-bond donors (Lipinski definition) is 2. The number of anilines is 1. The molecule has 1 unspecified atom stereocenters. The van der Waals surface area contributed by atoms with Crippen molar-refractivity contribution in [3.05, 3.63) is 52.8 Å². The molecule has 5 nitrogen and oxygen atoms in total. The summed E-state index contributed by atoms with van der Waals surface area (Å²) in [6.07, 6.45) is 3.91. The van der Waals surface area contributed by atoms with Crippen LogP contribution >= 0.6 is 11.6 Å². The van der Waals surface area contributed by atoms with Gasteiger partial charge in [-0.1, -0.05) is 36.7 Å². The third-order valence-electron chi connectivity index (χ3n) is 3.30. The van der Waals surface area contributed by atoms with Crippen molar-refractivity contribution in [1.29, 1.82) is 0 Å². The van der Waals surface area contributed by atoms with E-state index in [4.69, 9.17) is 11.6 Å². The Balaban J connectivity index is 1.95. The lowest BCUT2D eigenvalue weighted by molar-refractivity contribution is 0.0938. The van der Waals surface area contributed by atoms with Crippen LogP contribution in [0.3, 0.4) is 0 Å². The van der Waals surface area contributed by atoms with Crippen molar-refractivity contribution >= 4 is 23.5 Å². The molecule has 116 valence electrons. The molecule has 1 amide bonds. The van der Waals surface area contributed by atoms with Crippen molar-refractivity contribution in [2.75, 3.05) is 5.32 Å². The number of nitrogens with zero attached hydrogens (tertiary/aromatic N) is 2. The van der Waals surface area contributed by atoms with Crippen molar-refractivity contribution < 1.29 is 4.79 Å². The van der Waals surface area contributed by atoms with Gasteiger partial charge in [0, 0.05) is 30.0 Å². The Morgan fingerprint density at radius 2 is 1.95 bits per heavy atom. The summed E-state index contributed by atoms with van der Waals surface area (Å²) in [5.74, 6) is 0.298. The summed E-state index contributed by atoms with van der Waals surface area (Å²) < 4.78 is 0. The Morgan fingerprint density at radius 3 is 2.59 bits per heavy atom. The predicted molar refractivity (Wildman–Crippen MR) is 88.0 cm³/mol. The summed E-state index contributed by atoms with van der Waals surface area (Å²) in [6.45, 7) is 4.50. The lowest BCUT2D eigenvalue weighted by atomic mass is 10.2. The van der Waals surface area contributed by atoms with Gasteiger partial charge in [-0.15, -0.1) is 0 Å². The maximum atomic E-state index is 11.9. The van der Waals surface area contributed by atoms with Gasteiger partial charge < -0.3 is 10.6 Å². The second-order valence-electron chi connectivity index (χ2n) is 5.02. The number of nitrogens with one attached hydrogen (secondary N) is 2. The fourth-order valence-electron chi connectivity index (χ4n) is 1.76. The van der Waals surface area contributed by atoms with Crippen LogP contribution in [0.15, 0.2) is 36.7 Å². The highest BCUT2D eigenvalue weighted by atomic mass is 35.5. The maximum Gasteiger partial charge on any atom is 0.254 e. The monoisotopic (exact) mass is 318 g/mol.